The van der Waals surface area contributed by atoms with Crippen LogP contribution in [0.4, 0.5) is 0 Å². The Balaban J connectivity index is 1.64. The molecule has 1 fully saturated rings. The fourth-order valence-corrected chi connectivity index (χ4v) is 5.15. The number of sulfonamides is 1. The Morgan fingerprint density at radius 1 is 1.04 bits per heavy atom. The van der Waals surface area contributed by atoms with Crippen LogP contribution in [0.25, 0.3) is 0 Å². The van der Waals surface area contributed by atoms with Gasteiger partial charge in [-0.3, -0.25) is 4.90 Å². The Hall–Kier alpha value is -2.20. The fraction of sp³-hybridized carbons (Fsp3) is 0.409. The molecule has 0 spiro atoms. The summed E-state index contributed by atoms with van der Waals surface area (Å²) < 4.78 is 27.1. The largest absolute Gasteiger partial charge is 0.282 e. The van der Waals surface area contributed by atoms with Gasteiger partial charge in [0.1, 0.15) is 6.04 Å². The summed E-state index contributed by atoms with van der Waals surface area (Å²) in [6, 6.07) is 17.8. The minimum atomic E-state index is -3.36. The molecule has 0 aromatic heterocycles. The molecular formula is C22H27N3O2S. The molecule has 6 heteroatoms. The normalized spacial score (nSPS) is 17.2. The van der Waals surface area contributed by atoms with E-state index in [9.17, 15) is 13.7 Å². The van der Waals surface area contributed by atoms with Gasteiger partial charge in [-0.25, -0.2) is 8.42 Å². The highest BCUT2D eigenvalue weighted by molar-refractivity contribution is 7.88. The van der Waals surface area contributed by atoms with Gasteiger partial charge in [0, 0.05) is 26.2 Å². The van der Waals surface area contributed by atoms with Crippen LogP contribution in [0.2, 0.25) is 0 Å². The standard InChI is InChI=1S/C22H27N3O2S/c1-3-19-7-9-21(10-8-19)22(16-23)24-11-13-25(14-12-24)28(26,27)17-20-6-4-5-18(2)15-20/h4-10,15,22H,3,11-14,17H2,1-2H3. The first-order valence-electron chi connectivity index (χ1n) is 9.69. The van der Waals surface area contributed by atoms with Gasteiger partial charge in [0.15, 0.2) is 0 Å². The number of hydrogen-bond acceptors (Lipinski definition) is 4. The number of rotatable bonds is 6. The highest BCUT2D eigenvalue weighted by Crippen LogP contribution is 2.23. The second-order valence-corrected chi connectivity index (χ2v) is 9.28. The number of aryl methyl sites for hydroxylation is 2. The van der Waals surface area contributed by atoms with Crippen LogP contribution < -0.4 is 0 Å². The summed E-state index contributed by atoms with van der Waals surface area (Å²) >= 11 is 0. The van der Waals surface area contributed by atoms with Crippen LogP contribution in [0.15, 0.2) is 48.5 Å². The van der Waals surface area contributed by atoms with Crippen molar-refractivity contribution in [2.24, 2.45) is 0 Å². The fourth-order valence-electron chi connectivity index (χ4n) is 3.65. The molecule has 28 heavy (non-hydrogen) atoms. The van der Waals surface area contributed by atoms with E-state index in [-0.39, 0.29) is 11.8 Å². The van der Waals surface area contributed by atoms with E-state index in [1.807, 2.05) is 43.3 Å². The third kappa shape index (κ3) is 4.79. The third-order valence-corrected chi connectivity index (χ3v) is 7.14. The first-order valence-corrected chi connectivity index (χ1v) is 11.3. The monoisotopic (exact) mass is 397 g/mol. The Morgan fingerprint density at radius 2 is 1.71 bits per heavy atom. The van der Waals surface area contributed by atoms with Crippen LogP contribution in [0.3, 0.4) is 0 Å². The van der Waals surface area contributed by atoms with E-state index >= 15 is 0 Å². The summed E-state index contributed by atoms with van der Waals surface area (Å²) in [6.45, 7) is 6.01. The number of piperazine rings is 1. The van der Waals surface area contributed by atoms with Crippen molar-refractivity contribution < 1.29 is 8.42 Å². The number of nitriles is 1. The molecule has 2 aromatic rings. The van der Waals surface area contributed by atoms with Crippen molar-refractivity contribution in [3.63, 3.8) is 0 Å². The summed E-state index contributed by atoms with van der Waals surface area (Å²) in [5.41, 5.74) is 4.08. The summed E-state index contributed by atoms with van der Waals surface area (Å²) in [6.07, 6.45) is 0.967. The first-order chi connectivity index (χ1) is 13.4. The molecule has 1 heterocycles. The summed E-state index contributed by atoms with van der Waals surface area (Å²) in [5, 5.41) is 9.68. The lowest BCUT2D eigenvalue weighted by Crippen LogP contribution is -2.49. The van der Waals surface area contributed by atoms with E-state index in [1.165, 1.54) is 5.56 Å². The minimum absolute atomic E-state index is 0.0227. The molecule has 0 N–H and O–H groups in total. The smallest absolute Gasteiger partial charge is 0.218 e. The average Bonchev–Trinajstić information content (AvgIpc) is 2.69. The summed E-state index contributed by atoms with van der Waals surface area (Å²) in [7, 11) is -3.36. The molecule has 0 bridgehead atoms. The van der Waals surface area contributed by atoms with Crippen molar-refractivity contribution in [3.05, 3.63) is 70.8 Å². The molecule has 1 aliphatic rings. The van der Waals surface area contributed by atoms with E-state index in [4.69, 9.17) is 0 Å². The van der Waals surface area contributed by atoms with Crippen molar-refractivity contribution in [1.82, 2.24) is 9.21 Å². The molecule has 3 rings (SSSR count). The molecule has 0 amide bonds. The van der Waals surface area contributed by atoms with Crippen molar-refractivity contribution in [3.8, 4) is 6.07 Å². The van der Waals surface area contributed by atoms with E-state index in [2.05, 4.69) is 30.0 Å². The van der Waals surface area contributed by atoms with Crippen LogP contribution in [0.1, 0.15) is 35.2 Å². The van der Waals surface area contributed by atoms with Crippen LogP contribution in [-0.4, -0.2) is 43.8 Å². The predicted octanol–water partition coefficient (Wildman–Crippen LogP) is 3.27. The topological polar surface area (TPSA) is 64.4 Å². The van der Waals surface area contributed by atoms with Gasteiger partial charge in [-0.15, -0.1) is 0 Å². The van der Waals surface area contributed by atoms with Gasteiger partial charge in [0.25, 0.3) is 0 Å². The predicted molar refractivity (Wildman–Crippen MR) is 111 cm³/mol. The summed E-state index contributed by atoms with van der Waals surface area (Å²) in [4.78, 5) is 2.07. The van der Waals surface area contributed by atoms with Gasteiger partial charge in [0.05, 0.1) is 11.8 Å². The number of hydrogen-bond donors (Lipinski definition) is 0. The highest BCUT2D eigenvalue weighted by Gasteiger charge is 2.30. The van der Waals surface area contributed by atoms with Gasteiger partial charge in [-0.05, 0) is 30.0 Å². The molecule has 0 aliphatic carbocycles. The van der Waals surface area contributed by atoms with Gasteiger partial charge < -0.3 is 0 Å². The van der Waals surface area contributed by atoms with Crippen LogP contribution >= 0.6 is 0 Å². The number of benzene rings is 2. The van der Waals surface area contributed by atoms with Crippen molar-refractivity contribution >= 4 is 10.0 Å². The molecule has 0 radical (unpaired) electrons. The maximum atomic E-state index is 12.8. The maximum Gasteiger partial charge on any atom is 0.218 e. The van der Waals surface area contributed by atoms with Crippen LogP contribution in [-0.2, 0) is 22.2 Å². The van der Waals surface area contributed by atoms with Crippen molar-refractivity contribution in [2.45, 2.75) is 32.1 Å². The molecule has 1 aliphatic heterocycles. The lowest BCUT2D eigenvalue weighted by atomic mass is 10.0. The maximum absolute atomic E-state index is 12.8. The average molecular weight is 398 g/mol. The zero-order valence-corrected chi connectivity index (χ0v) is 17.3. The van der Waals surface area contributed by atoms with E-state index in [0.717, 1.165) is 23.1 Å². The Labute approximate surface area is 168 Å². The van der Waals surface area contributed by atoms with Gasteiger partial charge >= 0.3 is 0 Å². The third-order valence-electron chi connectivity index (χ3n) is 5.29. The number of nitrogens with zero attached hydrogens (tertiary/aromatic N) is 3. The molecular weight excluding hydrogens is 370 g/mol. The Morgan fingerprint density at radius 3 is 2.29 bits per heavy atom. The molecule has 1 unspecified atom stereocenters. The first kappa shape index (κ1) is 20.5. The highest BCUT2D eigenvalue weighted by atomic mass is 32.2. The molecule has 2 aromatic carbocycles. The van der Waals surface area contributed by atoms with Gasteiger partial charge in [-0.1, -0.05) is 61.0 Å². The second kappa shape index (κ2) is 8.87. The molecule has 5 nitrogen and oxygen atoms in total. The lowest BCUT2D eigenvalue weighted by Gasteiger charge is -2.36. The molecule has 1 atom stereocenters. The van der Waals surface area contributed by atoms with Crippen molar-refractivity contribution in [1.29, 1.82) is 5.26 Å². The summed E-state index contributed by atoms with van der Waals surface area (Å²) in [5.74, 6) is 0.0227. The van der Waals surface area contributed by atoms with Crippen molar-refractivity contribution in [2.75, 3.05) is 26.2 Å². The van der Waals surface area contributed by atoms with Crippen LogP contribution in [0.5, 0.6) is 0 Å². The quantitative estimate of drug-likeness (QED) is 0.750. The Kier molecular flexibility index (Phi) is 6.50. The van der Waals surface area contributed by atoms with Gasteiger partial charge in [0.2, 0.25) is 10.0 Å². The lowest BCUT2D eigenvalue weighted by molar-refractivity contribution is 0.162. The van der Waals surface area contributed by atoms with E-state index in [1.54, 1.807) is 4.31 Å². The van der Waals surface area contributed by atoms with E-state index in [0.29, 0.717) is 26.2 Å². The molecule has 0 saturated carbocycles. The zero-order chi connectivity index (χ0) is 20.1. The zero-order valence-electron chi connectivity index (χ0n) is 16.5. The minimum Gasteiger partial charge on any atom is -0.282 e. The molecule has 1 saturated heterocycles. The van der Waals surface area contributed by atoms with E-state index < -0.39 is 10.0 Å². The van der Waals surface area contributed by atoms with Crippen LogP contribution in [0, 0.1) is 18.3 Å². The molecule has 148 valence electrons. The Bertz CT molecular complexity index is 940. The van der Waals surface area contributed by atoms with Gasteiger partial charge in [-0.2, -0.15) is 9.57 Å². The second-order valence-electron chi connectivity index (χ2n) is 7.31. The SMILES string of the molecule is CCc1ccc(C(C#N)N2CCN(S(=O)(=O)Cc3cccc(C)c3)CC2)cc1.